The quantitative estimate of drug-likeness (QED) is 0.568. The number of ether oxygens (including phenoxy) is 1. The molecular formula is C27H36FN5O3. The molecule has 1 amide bonds. The maximum atomic E-state index is 13.9. The van der Waals surface area contributed by atoms with Crippen molar-refractivity contribution in [1.29, 1.82) is 0 Å². The van der Waals surface area contributed by atoms with Crippen molar-refractivity contribution in [1.82, 2.24) is 19.8 Å². The number of esters is 1. The maximum Gasteiger partial charge on any atom is 0.328 e. The summed E-state index contributed by atoms with van der Waals surface area (Å²) in [4.78, 5) is 31.4. The third-order valence-corrected chi connectivity index (χ3v) is 8.16. The number of nitrogens with one attached hydrogen (secondary N) is 2. The summed E-state index contributed by atoms with van der Waals surface area (Å²) in [6.07, 6.45) is 6.56. The molecule has 0 spiro atoms. The smallest absolute Gasteiger partial charge is 0.328 e. The lowest BCUT2D eigenvalue weighted by Crippen LogP contribution is -2.45. The van der Waals surface area contributed by atoms with Crippen LogP contribution in [0.4, 0.5) is 10.2 Å². The number of imidazole rings is 1. The number of aromatic nitrogens is 2. The molecule has 8 nitrogen and oxygen atoms in total. The summed E-state index contributed by atoms with van der Waals surface area (Å²) in [6, 6.07) is 7.22. The third-order valence-electron chi connectivity index (χ3n) is 8.16. The molecule has 0 radical (unpaired) electrons. The number of piperidine rings is 1. The van der Waals surface area contributed by atoms with Gasteiger partial charge in [0.25, 0.3) is 0 Å². The highest BCUT2D eigenvalue weighted by atomic mass is 19.1. The minimum Gasteiger partial charge on any atom is -0.467 e. The molecule has 2 fully saturated rings. The normalized spacial score (nSPS) is 26.1. The van der Waals surface area contributed by atoms with Crippen LogP contribution in [-0.4, -0.2) is 58.1 Å². The molecule has 2 bridgehead atoms. The van der Waals surface area contributed by atoms with Crippen LogP contribution >= 0.6 is 0 Å². The molecule has 2 unspecified atom stereocenters. The number of fused-ring (bicyclic) bond motifs is 3. The highest BCUT2D eigenvalue weighted by Crippen LogP contribution is 2.44. The molecule has 194 valence electrons. The van der Waals surface area contributed by atoms with Gasteiger partial charge in [-0.05, 0) is 69.6 Å². The van der Waals surface area contributed by atoms with Gasteiger partial charge in [-0.2, -0.15) is 0 Å². The van der Waals surface area contributed by atoms with Crippen LogP contribution in [0.15, 0.2) is 24.3 Å². The van der Waals surface area contributed by atoms with Gasteiger partial charge in [0, 0.05) is 31.6 Å². The van der Waals surface area contributed by atoms with Gasteiger partial charge in [0.05, 0.1) is 18.8 Å². The summed E-state index contributed by atoms with van der Waals surface area (Å²) in [5.41, 5.74) is 1.84. The molecule has 2 saturated heterocycles. The summed E-state index contributed by atoms with van der Waals surface area (Å²) in [5, 5.41) is 6.43. The van der Waals surface area contributed by atoms with Gasteiger partial charge >= 0.3 is 5.97 Å². The van der Waals surface area contributed by atoms with Crippen LogP contribution in [0.1, 0.15) is 74.6 Å². The Balaban J connectivity index is 1.28. The van der Waals surface area contributed by atoms with E-state index in [-0.39, 0.29) is 29.8 Å². The number of benzene rings is 1. The number of nitrogens with zero attached hydrogens (tertiary/aromatic N) is 3. The first-order valence-corrected chi connectivity index (χ1v) is 13.0. The summed E-state index contributed by atoms with van der Waals surface area (Å²) < 4.78 is 21.1. The summed E-state index contributed by atoms with van der Waals surface area (Å²) >= 11 is 0. The highest BCUT2D eigenvalue weighted by Gasteiger charge is 2.43. The lowest BCUT2D eigenvalue weighted by Gasteiger charge is -2.41. The van der Waals surface area contributed by atoms with E-state index < -0.39 is 0 Å². The summed E-state index contributed by atoms with van der Waals surface area (Å²) in [7, 11) is 1.43. The fraction of sp³-hybridized carbons (Fsp3) is 0.593. The zero-order valence-electron chi connectivity index (χ0n) is 21.3. The molecule has 9 heteroatoms. The molecule has 0 aliphatic carbocycles. The Bertz CT molecular complexity index is 1120. The maximum absolute atomic E-state index is 13.9. The molecule has 36 heavy (non-hydrogen) atoms. The fourth-order valence-electron chi connectivity index (χ4n) is 6.60. The second-order valence-electron chi connectivity index (χ2n) is 10.4. The van der Waals surface area contributed by atoms with E-state index in [2.05, 4.69) is 27.0 Å². The predicted octanol–water partition coefficient (Wildman–Crippen LogP) is 3.67. The van der Waals surface area contributed by atoms with Gasteiger partial charge in [0.15, 0.2) is 0 Å². The first-order chi connectivity index (χ1) is 17.3. The van der Waals surface area contributed by atoms with Gasteiger partial charge in [0.1, 0.15) is 23.5 Å². The van der Waals surface area contributed by atoms with Crippen LogP contribution in [0, 0.1) is 12.7 Å². The second kappa shape index (κ2) is 10.2. The third kappa shape index (κ3) is 4.85. The zero-order chi connectivity index (χ0) is 25.4. The van der Waals surface area contributed by atoms with Crippen molar-refractivity contribution in [3.05, 3.63) is 47.2 Å². The Morgan fingerprint density at radius 1 is 1.22 bits per heavy atom. The molecule has 2 N–H and O–H groups in total. The number of hydrogen-bond donors (Lipinski definition) is 2. The molecule has 5 atom stereocenters. The monoisotopic (exact) mass is 497 g/mol. The van der Waals surface area contributed by atoms with E-state index in [1.165, 1.54) is 26.2 Å². The van der Waals surface area contributed by atoms with Crippen LogP contribution < -0.4 is 10.6 Å². The molecule has 5 rings (SSSR count). The van der Waals surface area contributed by atoms with Crippen LogP contribution in [0.2, 0.25) is 0 Å². The first kappa shape index (κ1) is 24.7. The SMILES string of the molecule is COC(=O)C1CCc2nc(C)n(C3C[C@H]4CC[C@@H](C3)N4CC[C@H](NC(C)=O)c3cccc(F)c3)c2N1. The Hall–Kier alpha value is -2.94. The van der Waals surface area contributed by atoms with Crippen LogP contribution in [-0.2, 0) is 20.7 Å². The second-order valence-corrected chi connectivity index (χ2v) is 10.4. The Morgan fingerprint density at radius 3 is 2.64 bits per heavy atom. The van der Waals surface area contributed by atoms with Crippen LogP contribution in [0.5, 0.6) is 0 Å². The van der Waals surface area contributed by atoms with Gasteiger partial charge in [-0.25, -0.2) is 14.2 Å². The van der Waals surface area contributed by atoms with Crippen molar-refractivity contribution >= 4 is 17.7 Å². The number of amides is 1. The van der Waals surface area contributed by atoms with E-state index in [1.54, 1.807) is 6.07 Å². The van der Waals surface area contributed by atoms with Crippen molar-refractivity contribution in [3.8, 4) is 0 Å². The van der Waals surface area contributed by atoms with Crippen molar-refractivity contribution in [2.75, 3.05) is 19.0 Å². The number of hydrogen-bond acceptors (Lipinski definition) is 6. The number of halogens is 1. The Labute approximate surface area is 211 Å². The summed E-state index contributed by atoms with van der Waals surface area (Å²) in [5.74, 6) is 1.35. The van der Waals surface area contributed by atoms with E-state index in [0.717, 1.165) is 68.0 Å². The number of aryl methyl sites for hydroxylation is 2. The van der Waals surface area contributed by atoms with E-state index >= 15 is 0 Å². The van der Waals surface area contributed by atoms with Crippen LogP contribution in [0.3, 0.4) is 0 Å². The van der Waals surface area contributed by atoms with Crippen molar-refractivity contribution in [3.63, 3.8) is 0 Å². The zero-order valence-corrected chi connectivity index (χ0v) is 21.3. The van der Waals surface area contributed by atoms with Gasteiger partial charge in [-0.3, -0.25) is 9.69 Å². The first-order valence-electron chi connectivity index (χ1n) is 13.0. The molecule has 2 aromatic rings. The average molecular weight is 498 g/mol. The van der Waals surface area contributed by atoms with E-state index in [4.69, 9.17) is 9.72 Å². The van der Waals surface area contributed by atoms with Gasteiger partial charge in [-0.15, -0.1) is 0 Å². The van der Waals surface area contributed by atoms with Crippen LogP contribution in [0.25, 0.3) is 0 Å². The summed E-state index contributed by atoms with van der Waals surface area (Å²) in [6.45, 7) is 4.42. The van der Waals surface area contributed by atoms with Crippen molar-refractivity contribution in [2.45, 2.75) is 89.0 Å². The Kier molecular flexibility index (Phi) is 7.01. The van der Waals surface area contributed by atoms with Gasteiger partial charge < -0.3 is 19.9 Å². The van der Waals surface area contributed by atoms with E-state index in [1.807, 2.05) is 6.07 Å². The molecule has 1 aromatic heterocycles. The Morgan fingerprint density at radius 2 is 1.97 bits per heavy atom. The van der Waals surface area contributed by atoms with Crippen molar-refractivity contribution in [2.24, 2.45) is 0 Å². The molecule has 1 aromatic carbocycles. The van der Waals surface area contributed by atoms with Gasteiger partial charge in [-0.1, -0.05) is 12.1 Å². The highest BCUT2D eigenvalue weighted by molar-refractivity contribution is 5.80. The van der Waals surface area contributed by atoms with E-state index in [0.29, 0.717) is 24.5 Å². The number of anilines is 1. The molecule has 3 aliphatic heterocycles. The minimum absolute atomic E-state index is 0.107. The molecule has 3 aliphatic rings. The topological polar surface area (TPSA) is 88.5 Å². The van der Waals surface area contributed by atoms with Crippen molar-refractivity contribution < 1.29 is 18.7 Å². The lowest BCUT2D eigenvalue weighted by atomic mass is 9.95. The molecular weight excluding hydrogens is 461 g/mol. The number of rotatable bonds is 7. The minimum atomic E-state index is -0.331. The number of carbonyl (C=O) groups excluding carboxylic acids is 2. The standard InChI is InChI=1S/C27H36FN5O3/c1-16-29-24-9-10-25(27(35)36-3)31-26(24)33(16)22-14-20-7-8-21(15-22)32(20)12-11-23(30-17(2)34)18-5-4-6-19(28)13-18/h4-6,13,20-23,25,31H,7-12,14-15H2,1-3H3,(H,30,34)/t20-,21+,22?,23-,25?/m0/s1. The van der Waals surface area contributed by atoms with Gasteiger partial charge in [0.2, 0.25) is 5.91 Å². The predicted molar refractivity (Wildman–Crippen MR) is 134 cm³/mol. The number of methoxy groups -OCH3 is 1. The average Bonchev–Trinajstić information content (AvgIpc) is 3.30. The fourth-order valence-corrected chi connectivity index (χ4v) is 6.60. The molecule has 0 saturated carbocycles. The largest absolute Gasteiger partial charge is 0.467 e. The van der Waals surface area contributed by atoms with E-state index in [9.17, 15) is 14.0 Å². The lowest BCUT2D eigenvalue weighted by molar-refractivity contribution is -0.141. The number of carbonyl (C=O) groups is 2. The molecule has 4 heterocycles.